The van der Waals surface area contributed by atoms with Gasteiger partial charge in [-0.1, -0.05) is 0 Å². The van der Waals surface area contributed by atoms with E-state index in [0.29, 0.717) is 35.0 Å². The number of aromatic nitrogens is 1. The maximum atomic E-state index is 14.4. The van der Waals surface area contributed by atoms with Gasteiger partial charge in [-0.25, -0.2) is 13.2 Å². The molecular formula is C23H23F3N2O4. The number of hydrogen-bond donors (Lipinski definition) is 5. The van der Waals surface area contributed by atoms with Crippen LogP contribution in [0.25, 0.3) is 22.2 Å². The monoisotopic (exact) mass is 448 g/mol. The van der Waals surface area contributed by atoms with E-state index in [4.69, 9.17) is 0 Å². The Kier molecular flexibility index (Phi) is 5.98. The summed E-state index contributed by atoms with van der Waals surface area (Å²) in [5, 5.41) is 31.1. The molecule has 170 valence electrons. The summed E-state index contributed by atoms with van der Waals surface area (Å²) in [6.45, 7) is -1.88. The molecule has 1 aliphatic rings. The molecule has 0 saturated heterocycles. The highest BCUT2D eigenvalue weighted by Crippen LogP contribution is 2.48. The molecule has 1 saturated carbocycles. The highest BCUT2D eigenvalue weighted by Gasteiger charge is 2.41. The number of benzene rings is 2. The first kappa shape index (κ1) is 22.3. The van der Waals surface area contributed by atoms with Gasteiger partial charge in [0.05, 0.1) is 31.0 Å². The third-order valence-electron chi connectivity index (χ3n) is 6.21. The Morgan fingerprint density at radius 2 is 1.62 bits per heavy atom. The number of aliphatic hydroxyl groups excluding tert-OH is 3. The molecule has 3 aromatic rings. The van der Waals surface area contributed by atoms with Crippen LogP contribution in [0.5, 0.6) is 0 Å². The lowest BCUT2D eigenvalue weighted by molar-refractivity contribution is -0.132. The molecule has 1 heterocycles. The van der Waals surface area contributed by atoms with Crippen LogP contribution in [0.1, 0.15) is 24.3 Å². The van der Waals surface area contributed by atoms with Gasteiger partial charge >= 0.3 is 0 Å². The van der Waals surface area contributed by atoms with Crippen LogP contribution in [-0.2, 0) is 4.79 Å². The van der Waals surface area contributed by atoms with Gasteiger partial charge in [0.15, 0.2) is 0 Å². The second-order valence-electron chi connectivity index (χ2n) is 8.34. The maximum Gasteiger partial charge on any atom is 0.223 e. The third-order valence-corrected chi connectivity index (χ3v) is 6.21. The van der Waals surface area contributed by atoms with Crippen LogP contribution >= 0.6 is 0 Å². The first-order chi connectivity index (χ1) is 15.3. The van der Waals surface area contributed by atoms with Crippen LogP contribution in [0, 0.1) is 23.4 Å². The second kappa shape index (κ2) is 8.57. The number of fused-ring (bicyclic) bond motifs is 1. The summed E-state index contributed by atoms with van der Waals surface area (Å²) in [6.07, 6.45) is 0.729. The minimum atomic E-state index is -1.52. The minimum absolute atomic E-state index is 0.133. The van der Waals surface area contributed by atoms with E-state index in [-0.39, 0.29) is 11.4 Å². The average Bonchev–Trinajstić information content (AvgIpc) is 3.11. The van der Waals surface area contributed by atoms with Crippen molar-refractivity contribution in [3.8, 4) is 11.3 Å². The number of rotatable bonds is 7. The summed E-state index contributed by atoms with van der Waals surface area (Å²) in [5.74, 6) is -3.00. The Morgan fingerprint density at radius 3 is 2.22 bits per heavy atom. The number of halogens is 3. The van der Waals surface area contributed by atoms with Gasteiger partial charge in [-0.3, -0.25) is 4.79 Å². The molecule has 0 bridgehead atoms. The largest absolute Gasteiger partial charge is 0.394 e. The smallest absolute Gasteiger partial charge is 0.223 e. The molecule has 1 aliphatic carbocycles. The molecular weight excluding hydrogens is 425 g/mol. The van der Waals surface area contributed by atoms with Crippen LogP contribution in [0.4, 0.5) is 13.2 Å². The lowest BCUT2D eigenvalue weighted by Crippen LogP contribution is -2.59. The molecule has 1 aromatic heterocycles. The molecule has 4 rings (SSSR count). The summed E-state index contributed by atoms with van der Waals surface area (Å²) < 4.78 is 41.8. The van der Waals surface area contributed by atoms with Crippen molar-refractivity contribution in [3.63, 3.8) is 0 Å². The Balaban J connectivity index is 1.65. The summed E-state index contributed by atoms with van der Waals surface area (Å²) in [5.41, 5.74) is 0.392. The molecule has 32 heavy (non-hydrogen) atoms. The number of H-pyrrole nitrogens is 1. The van der Waals surface area contributed by atoms with E-state index in [0.717, 1.165) is 6.07 Å². The van der Waals surface area contributed by atoms with Gasteiger partial charge < -0.3 is 25.6 Å². The van der Waals surface area contributed by atoms with Crippen molar-refractivity contribution in [2.75, 3.05) is 19.8 Å². The van der Waals surface area contributed by atoms with Crippen molar-refractivity contribution in [1.29, 1.82) is 0 Å². The zero-order valence-corrected chi connectivity index (χ0v) is 17.0. The van der Waals surface area contributed by atoms with E-state index in [1.807, 2.05) is 0 Å². The van der Waals surface area contributed by atoms with E-state index in [1.54, 1.807) is 12.1 Å². The van der Waals surface area contributed by atoms with Crippen molar-refractivity contribution in [2.45, 2.75) is 24.3 Å². The first-order valence-corrected chi connectivity index (χ1v) is 10.2. The van der Waals surface area contributed by atoms with Crippen LogP contribution in [-0.4, -0.2) is 51.6 Å². The normalized spacial score (nSPS) is 18.6. The van der Waals surface area contributed by atoms with Gasteiger partial charge in [0.1, 0.15) is 23.0 Å². The Bertz CT molecular complexity index is 1130. The van der Waals surface area contributed by atoms with E-state index in [1.165, 1.54) is 18.2 Å². The number of nitrogens with one attached hydrogen (secondary N) is 2. The number of amides is 1. The first-order valence-electron chi connectivity index (χ1n) is 10.2. The van der Waals surface area contributed by atoms with Gasteiger partial charge in [0.25, 0.3) is 0 Å². The predicted molar refractivity (Wildman–Crippen MR) is 111 cm³/mol. The standard InChI is InChI=1S/C23H23F3N2O4/c24-15-3-1-12(2-4-15)20-19(17-7-16(25)8-18(26)21(17)27-20)13-5-14(6-13)22(32)28-23(9-29,10-30)11-31/h1-4,7-8,13-14,27,29-31H,5-6,9-11H2,(H,28,32). The highest BCUT2D eigenvalue weighted by molar-refractivity contribution is 5.92. The molecule has 1 amide bonds. The van der Waals surface area contributed by atoms with E-state index >= 15 is 0 Å². The summed E-state index contributed by atoms with van der Waals surface area (Å²) >= 11 is 0. The SMILES string of the molecule is O=C(NC(CO)(CO)CO)C1CC(c2c(-c3ccc(F)cc3)[nH]c3c(F)cc(F)cc23)C1. The second-order valence-corrected chi connectivity index (χ2v) is 8.34. The molecule has 0 aliphatic heterocycles. The summed E-state index contributed by atoms with van der Waals surface area (Å²) in [6, 6.07) is 7.65. The van der Waals surface area contributed by atoms with Crippen molar-refractivity contribution in [1.82, 2.24) is 10.3 Å². The van der Waals surface area contributed by atoms with Crippen molar-refractivity contribution in [3.05, 3.63) is 59.4 Å². The topological polar surface area (TPSA) is 106 Å². The fraction of sp³-hybridized carbons (Fsp3) is 0.348. The van der Waals surface area contributed by atoms with E-state index in [2.05, 4.69) is 10.3 Å². The van der Waals surface area contributed by atoms with Gasteiger partial charge in [-0.15, -0.1) is 0 Å². The van der Waals surface area contributed by atoms with Gasteiger partial charge in [0, 0.05) is 17.4 Å². The van der Waals surface area contributed by atoms with Crippen LogP contribution < -0.4 is 5.32 Å². The quantitative estimate of drug-likeness (QED) is 0.383. The number of aliphatic hydroxyl groups is 3. The average molecular weight is 448 g/mol. The molecule has 0 atom stereocenters. The third kappa shape index (κ3) is 3.87. The lowest BCUT2D eigenvalue weighted by atomic mass is 9.69. The number of carbonyl (C=O) groups is 1. The predicted octanol–water partition coefficient (Wildman–Crippen LogP) is 2.58. The van der Waals surface area contributed by atoms with Crippen LogP contribution in [0.2, 0.25) is 0 Å². The molecule has 0 radical (unpaired) electrons. The molecule has 0 unspecified atom stereocenters. The van der Waals surface area contributed by atoms with Gasteiger partial charge in [-0.2, -0.15) is 0 Å². The Morgan fingerprint density at radius 1 is 1.00 bits per heavy atom. The molecule has 9 heteroatoms. The fourth-order valence-electron chi connectivity index (χ4n) is 4.21. The van der Waals surface area contributed by atoms with Crippen LogP contribution in [0.3, 0.4) is 0 Å². The van der Waals surface area contributed by atoms with E-state index in [9.17, 15) is 33.3 Å². The van der Waals surface area contributed by atoms with Gasteiger partial charge in [0.2, 0.25) is 5.91 Å². The zero-order chi connectivity index (χ0) is 23.0. The molecule has 5 N–H and O–H groups in total. The molecule has 6 nitrogen and oxygen atoms in total. The van der Waals surface area contributed by atoms with Crippen molar-refractivity contribution < 1.29 is 33.3 Å². The highest BCUT2D eigenvalue weighted by atomic mass is 19.1. The van der Waals surface area contributed by atoms with Crippen molar-refractivity contribution in [2.24, 2.45) is 5.92 Å². The molecule has 0 spiro atoms. The fourth-order valence-corrected chi connectivity index (χ4v) is 4.21. The van der Waals surface area contributed by atoms with E-state index < -0.39 is 54.6 Å². The number of aromatic amines is 1. The number of hydrogen-bond acceptors (Lipinski definition) is 4. The zero-order valence-electron chi connectivity index (χ0n) is 17.0. The lowest BCUT2D eigenvalue weighted by Gasteiger charge is -2.38. The summed E-state index contributed by atoms with van der Waals surface area (Å²) in [7, 11) is 0. The Labute approximate surface area is 181 Å². The molecule has 2 aromatic carbocycles. The van der Waals surface area contributed by atoms with Crippen molar-refractivity contribution >= 4 is 16.8 Å². The van der Waals surface area contributed by atoms with Gasteiger partial charge in [-0.05, 0) is 60.2 Å². The Hall–Kier alpha value is -2.88. The molecule has 1 fully saturated rings. The number of carbonyl (C=O) groups excluding carboxylic acids is 1. The minimum Gasteiger partial charge on any atom is -0.394 e. The summed E-state index contributed by atoms with van der Waals surface area (Å²) in [4.78, 5) is 15.6. The van der Waals surface area contributed by atoms with Crippen LogP contribution in [0.15, 0.2) is 36.4 Å². The maximum absolute atomic E-state index is 14.4.